The van der Waals surface area contributed by atoms with Crippen molar-refractivity contribution < 1.29 is 4.74 Å². The second-order valence-electron chi connectivity index (χ2n) is 3.73. The van der Waals surface area contributed by atoms with Crippen LogP contribution in [-0.2, 0) is 4.74 Å². The second-order valence-corrected chi connectivity index (χ2v) is 3.73. The third-order valence-corrected chi connectivity index (χ3v) is 3.07. The Hall–Kier alpha value is -0.120. The monoisotopic (exact) mass is 156 g/mol. The molecule has 2 fully saturated rings. The van der Waals surface area contributed by atoms with E-state index < -0.39 is 0 Å². The van der Waals surface area contributed by atoms with Gasteiger partial charge < -0.3 is 15.8 Å². The molecule has 2 rings (SSSR count). The molecule has 0 amide bonds. The molecule has 2 aliphatic heterocycles. The molecule has 2 aliphatic rings. The Morgan fingerprint density at radius 1 is 1.36 bits per heavy atom. The number of nitrogens with two attached hydrogens (primary N) is 1. The molecule has 1 atom stereocenters. The Bertz CT molecular complexity index is 143. The Labute approximate surface area is 67.3 Å². The summed E-state index contributed by atoms with van der Waals surface area (Å²) < 4.78 is 5.40. The fourth-order valence-electron chi connectivity index (χ4n) is 2.11. The predicted molar refractivity (Wildman–Crippen MR) is 43.3 cm³/mol. The van der Waals surface area contributed by atoms with E-state index in [1.165, 1.54) is 12.8 Å². The van der Waals surface area contributed by atoms with Crippen molar-refractivity contribution in [1.82, 2.24) is 5.32 Å². The average molecular weight is 156 g/mol. The van der Waals surface area contributed by atoms with Crippen LogP contribution < -0.4 is 11.1 Å². The molecule has 3 heteroatoms. The highest BCUT2D eigenvalue weighted by molar-refractivity contribution is 4.96. The number of ether oxygens (including phenoxy) is 1. The molecule has 1 unspecified atom stereocenters. The molecule has 3 nitrogen and oxygen atoms in total. The molecular weight excluding hydrogens is 140 g/mol. The maximum Gasteiger partial charge on any atom is 0.0624 e. The van der Waals surface area contributed by atoms with Gasteiger partial charge in [0.2, 0.25) is 0 Å². The largest absolute Gasteiger partial charge is 0.379 e. The molecule has 0 aliphatic carbocycles. The standard InChI is InChI=1S/C8H16N2O/c9-7-5-11-6-8(7)1-3-10-4-2-8/h7,10H,1-6,9H2. The zero-order valence-electron chi connectivity index (χ0n) is 6.81. The van der Waals surface area contributed by atoms with E-state index in [-0.39, 0.29) is 6.04 Å². The first-order valence-corrected chi connectivity index (χ1v) is 4.38. The van der Waals surface area contributed by atoms with Crippen LogP contribution >= 0.6 is 0 Å². The van der Waals surface area contributed by atoms with Gasteiger partial charge in [-0.1, -0.05) is 0 Å². The lowest BCUT2D eigenvalue weighted by Gasteiger charge is -2.35. The molecule has 11 heavy (non-hydrogen) atoms. The molecule has 2 heterocycles. The van der Waals surface area contributed by atoms with Crippen LogP contribution in [0.2, 0.25) is 0 Å². The lowest BCUT2D eigenvalue weighted by molar-refractivity contribution is 0.126. The maximum absolute atomic E-state index is 5.99. The molecule has 64 valence electrons. The highest BCUT2D eigenvalue weighted by atomic mass is 16.5. The van der Waals surface area contributed by atoms with Crippen molar-refractivity contribution in [2.45, 2.75) is 18.9 Å². The van der Waals surface area contributed by atoms with E-state index in [9.17, 15) is 0 Å². The molecule has 2 saturated heterocycles. The Kier molecular flexibility index (Phi) is 1.87. The van der Waals surface area contributed by atoms with Gasteiger partial charge in [0, 0.05) is 11.5 Å². The van der Waals surface area contributed by atoms with Crippen molar-refractivity contribution in [2.75, 3.05) is 26.3 Å². The van der Waals surface area contributed by atoms with Crippen LogP contribution in [0.3, 0.4) is 0 Å². The van der Waals surface area contributed by atoms with E-state index in [1.54, 1.807) is 0 Å². The molecule has 0 aromatic heterocycles. The summed E-state index contributed by atoms with van der Waals surface area (Å²) in [6.45, 7) is 3.87. The van der Waals surface area contributed by atoms with Gasteiger partial charge in [0.15, 0.2) is 0 Å². The number of hydrogen-bond donors (Lipinski definition) is 2. The van der Waals surface area contributed by atoms with Gasteiger partial charge in [-0.15, -0.1) is 0 Å². The van der Waals surface area contributed by atoms with Crippen LogP contribution in [0.5, 0.6) is 0 Å². The topological polar surface area (TPSA) is 47.3 Å². The molecule has 0 radical (unpaired) electrons. The summed E-state index contributed by atoms with van der Waals surface area (Å²) in [5.41, 5.74) is 6.32. The first kappa shape index (κ1) is 7.53. The Morgan fingerprint density at radius 2 is 2.09 bits per heavy atom. The van der Waals surface area contributed by atoms with Gasteiger partial charge in [-0.2, -0.15) is 0 Å². The van der Waals surface area contributed by atoms with Gasteiger partial charge >= 0.3 is 0 Å². The van der Waals surface area contributed by atoms with E-state index in [2.05, 4.69) is 5.32 Å². The number of nitrogens with one attached hydrogen (secondary N) is 1. The molecular formula is C8H16N2O. The molecule has 0 bridgehead atoms. The smallest absolute Gasteiger partial charge is 0.0624 e. The third kappa shape index (κ3) is 1.17. The van der Waals surface area contributed by atoms with Crippen molar-refractivity contribution in [3.8, 4) is 0 Å². The minimum atomic E-state index is 0.282. The summed E-state index contributed by atoms with van der Waals surface area (Å²) in [5.74, 6) is 0. The van der Waals surface area contributed by atoms with Crippen LogP contribution in [0.15, 0.2) is 0 Å². The van der Waals surface area contributed by atoms with Crippen LogP contribution in [0.25, 0.3) is 0 Å². The van der Waals surface area contributed by atoms with Gasteiger partial charge in [0.1, 0.15) is 0 Å². The quantitative estimate of drug-likeness (QED) is 0.507. The van der Waals surface area contributed by atoms with Gasteiger partial charge in [-0.05, 0) is 25.9 Å². The predicted octanol–water partition coefficient (Wildman–Crippen LogP) is -0.286. The number of rotatable bonds is 0. The highest BCUT2D eigenvalue weighted by Gasteiger charge is 2.42. The van der Waals surface area contributed by atoms with Crippen molar-refractivity contribution in [2.24, 2.45) is 11.1 Å². The van der Waals surface area contributed by atoms with Crippen LogP contribution in [0.4, 0.5) is 0 Å². The second kappa shape index (κ2) is 2.73. The van der Waals surface area contributed by atoms with E-state index in [0.717, 1.165) is 26.3 Å². The normalized spacial score (nSPS) is 36.3. The fourth-order valence-corrected chi connectivity index (χ4v) is 2.11. The third-order valence-electron chi connectivity index (χ3n) is 3.07. The van der Waals surface area contributed by atoms with Gasteiger partial charge in [0.25, 0.3) is 0 Å². The van der Waals surface area contributed by atoms with E-state index in [4.69, 9.17) is 10.5 Å². The summed E-state index contributed by atoms with van der Waals surface area (Å²) in [6.07, 6.45) is 2.38. The summed E-state index contributed by atoms with van der Waals surface area (Å²) in [7, 11) is 0. The Morgan fingerprint density at radius 3 is 2.64 bits per heavy atom. The average Bonchev–Trinajstić information content (AvgIpc) is 2.36. The first-order chi connectivity index (χ1) is 5.33. The van der Waals surface area contributed by atoms with Gasteiger partial charge in [-0.25, -0.2) is 0 Å². The highest BCUT2D eigenvalue weighted by Crippen LogP contribution is 2.36. The van der Waals surface area contributed by atoms with Gasteiger partial charge in [0.05, 0.1) is 13.2 Å². The summed E-state index contributed by atoms with van der Waals surface area (Å²) in [4.78, 5) is 0. The minimum Gasteiger partial charge on any atom is -0.379 e. The van der Waals surface area contributed by atoms with E-state index in [0.29, 0.717) is 5.41 Å². The number of hydrogen-bond acceptors (Lipinski definition) is 3. The first-order valence-electron chi connectivity index (χ1n) is 4.38. The SMILES string of the molecule is NC1COCC12CCNCC2. The summed E-state index contributed by atoms with van der Waals surface area (Å²) >= 11 is 0. The Balaban J connectivity index is 2.06. The van der Waals surface area contributed by atoms with Crippen molar-refractivity contribution >= 4 is 0 Å². The van der Waals surface area contributed by atoms with Gasteiger partial charge in [-0.3, -0.25) is 0 Å². The molecule has 0 aromatic rings. The summed E-state index contributed by atoms with van der Waals surface area (Å²) in [6, 6.07) is 0.282. The molecule has 0 saturated carbocycles. The van der Waals surface area contributed by atoms with Crippen LogP contribution in [0.1, 0.15) is 12.8 Å². The van der Waals surface area contributed by atoms with Crippen molar-refractivity contribution in [1.29, 1.82) is 0 Å². The van der Waals surface area contributed by atoms with E-state index in [1.807, 2.05) is 0 Å². The van der Waals surface area contributed by atoms with Crippen molar-refractivity contribution in [3.63, 3.8) is 0 Å². The zero-order chi connectivity index (χ0) is 7.73. The summed E-state index contributed by atoms with van der Waals surface area (Å²) in [5, 5.41) is 3.35. The van der Waals surface area contributed by atoms with Crippen LogP contribution in [-0.4, -0.2) is 32.3 Å². The van der Waals surface area contributed by atoms with Crippen LogP contribution in [0, 0.1) is 5.41 Å². The maximum atomic E-state index is 5.99. The zero-order valence-corrected chi connectivity index (χ0v) is 6.81. The molecule has 1 spiro atoms. The number of piperidine rings is 1. The van der Waals surface area contributed by atoms with E-state index >= 15 is 0 Å². The lowest BCUT2D eigenvalue weighted by Crippen LogP contribution is -2.47. The lowest BCUT2D eigenvalue weighted by atomic mass is 9.75. The molecule has 0 aromatic carbocycles. The van der Waals surface area contributed by atoms with Crippen molar-refractivity contribution in [3.05, 3.63) is 0 Å². The molecule has 3 N–H and O–H groups in total. The fraction of sp³-hybridized carbons (Fsp3) is 1.00. The minimum absolute atomic E-state index is 0.282.